The lowest BCUT2D eigenvalue weighted by Gasteiger charge is -2.39. The zero-order valence-electron chi connectivity index (χ0n) is 13.3. The van der Waals surface area contributed by atoms with Crippen molar-refractivity contribution in [2.45, 2.75) is 13.2 Å². The van der Waals surface area contributed by atoms with E-state index in [0.29, 0.717) is 24.2 Å². The van der Waals surface area contributed by atoms with E-state index in [1.54, 1.807) is 12.1 Å². The molecule has 0 aromatic heterocycles. The monoisotopic (exact) mass is 347 g/mol. The Labute approximate surface area is 142 Å². The van der Waals surface area contributed by atoms with E-state index in [9.17, 15) is 13.6 Å². The van der Waals surface area contributed by atoms with E-state index >= 15 is 0 Å². The lowest BCUT2D eigenvalue weighted by atomic mass is 9.96. The molecule has 0 aliphatic carbocycles. The van der Waals surface area contributed by atoms with Gasteiger partial charge in [0.05, 0.1) is 5.92 Å². The molecule has 2 aromatic carbocycles. The van der Waals surface area contributed by atoms with Crippen LogP contribution in [-0.2, 0) is 4.79 Å². The van der Waals surface area contributed by atoms with Crippen molar-refractivity contribution in [2.75, 3.05) is 18.0 Å². The Morgan fingerprint density at radius 1 is 1.24 bits per heavy atom. The number of carboxylic acid groups (broad SMARTS) is 1. The maximum atomic E-state index is 13.4. The second kappa shape index (κ2) is 5.34. The molecule has 0 spiro atoms. The van der Waals surface area contributed by atoms with E-state index in [-0.39, 0.29) is 17.4 Å². The van der Waals surface area contributed by atoms with Gasteiger partial charge in [0.2, 0.25) is 0 Å². The van der Waals surface area contributed by atoms with E-state index < -0.39 is 12.3 Å². The van der Waals surface area contributed by atoms with Gasteiger partial charge in [-0.05, 0) is 36.2 Å². The fourth-order valence-electron chi connectivity index (χ4n) is 3.14. The predicted octanol–water partition coefficient (Wildman–Crippen LogP) is 3.50. The van der Waals surface area contributed by atoms with Gasteiger partial charge in [0.25, 0.3) is 0 Å². The largest absolute Gasteiger partial charge is 0.586 e. The van der Waals surface area contributed by atoms with Crippen LogP contribution < -0.4 is 14.4 Å². The number of carbonyl (C=O) groups is 1. The van der Waals surface area contributed by atoms with Gasteiger partial charge in [0.15, 0.2) is 11.5 Å². The van der Waals surface area contributed by atoms with E-state index in [1.807, 2.05) is 30.0 Å². The third-order valence-corrected chi connectivity index (χ3v) is 4.40. The van der Waals surface area contributed by atoms with Crippen LogP contribution >= 0.6 is 0 Å². The average molecular weight is 347 g/mol. The first kappa shape index (κ1) is 15.7. The molecule has 4 rings (SSSR count). The van der Waals surface area contributed by atoms with Crippen LogP contribution in [0.25, 0.3) is 11.1 Å². The summed E-state index contributed by atoms with van der Waals surface area (Å²) < 4.78 is 36.0. The molecule has 2 aliphatic rings. The summed E-state index contributed by atoms with van der Waals surface area (Å²) in [4.78, 5) is 12.9. The number of aliphatic carboxylic acids is 1. The predicted molar refractivity (Wildman–Crippen MR) is 86.2 cm³/mol. The zero-order valence-corrected chi connectivity index (χ0v) is 13.3. The number of aryl methyl sites for hydroxylation is 1. The molecule has 2 aromatic rings. The summed E-state index contributed by atoms with van der Waals surface area (Å²) in [7, 11) is 0. The van der Waals surface area contributed by atoms with Crippen molar-refractivity contribution in [1.82, 2.24) is 0 Å². The fraction of sp³-hybridized carbons (Fsp3) is 0.278. The number of benzene rings is 2. The molecular weight excluding hydrogens is 332 g/mol. The topological polar surface area (TPSA) is 59.0 Å². The highest BCUT2D eigenvalue weighted by atomic mass is 19.3. The number of anilines is 1. The molecule has 0 saturated carbocycles. The van der Waals surface area contributed by atoms with Gasteiger partial charge >= 0.3 is 12.3 Å². The van der Waals surface area contributed by atoms with Gasteiger partial charge < -0.3 is 19.5 Å². The van der Waals surface area contributed by atoms with Crippen LogP contribution in [0.1, 0.15) is 5.56 Å². The number of carboxylic acids is 1. The minimum atomic E-state index is -3.67. The first-order valence-corrected chi connectivity index (χ1v) is 7.81. The first-order chi connectivity index (χ1) is 11.8. The minimum absolute atomic E-state index is 0.000414. The van der Waals surface area contributed by atoms with Crippen LogP contribution in [-0.4, -0.2) is 30.5 Å². The standard InChI is InChI=1S/C18H15F2NO4/c1-10-5-11(7-13(6-10)21-8-12(9-21)17(22)23)14-3-2-4-15-16(14)25-18(19,20)24-15/h2-7,12H,8-9H2,1H3,(H,22,23). The van der Waals surface area contributed by atoms with Gasteiger partial charge in [-0.2, -0.15) is 0 Å². The molecule has 1 N–H and O–H groups in total. The molecule has 0 unspecified atom stereocenters. The van der Waals surface area contributed by atoms with Crippen molar-refractivity contribution in [1.29, 1.82) is 0 Å². The molecule has 0 amide bonds. The first-order valence-electron chi connectivity index (χ1n) is 7.81. The summed E-state index contributed by atoms with van der Waals surface area (Å²) in [5.74, 6) is -1.17. The molecule has 7 heteroatoms. The molecular formula is C18H15F2NO4. The van der Waals surface area contributed by atoms with Crippen LogP contribution in [0.4, 0.5) is 14.5 Å². The Bertz CT molecular complexity index is 862. The number of para-hydroxylation sites is 1. The van der Waals surface area contributed by atoms with Gasteiger partial charge in [0.1, 0.15) is 0 Å². The van der Waals surface area contributed by atoms with Crippen molar-refractivity contribution in [3.05, 3.63) is 42.0 Å². The minimum Gasteiger partial charge on any atom is -0.481 e. The van der Waals surface area contributed by atoms with E-state index in [4.69, 9.17) is 5.11 Å². The Morgan fingerprint density at radius 2 is 2.00 bits per heavy atom. The Hall–Kier alpha value is -2.83. The van der Waals surface area contributed by atoms with Crippen LogP contribution in [0.5, 0.6) is 11.5 Å². The summed E-state index contributed by atoms with van der Waals surface area (Å²) in [5, 5.41) is 9.01. The van der Waals surface area contributed by atoms with E-state index in [1.165, 1.54) is 6.07 Å². The smallest absolute Gasteiger partial charge is 0.481 e. The number of hydrogen-bond acceptors (Lipinski definition) is 4. The normalized spacial score (nSPS) is 18.1. The molecule has 1 saturated heterocycles. The van der Waals surface area contributed by atoms with Crippen molar-refractivity contribution >= 4 is 11.7 Å². The maximum Gasteiger partial charge on any atom is 0.586 e. The molecule has 0 radical (unpaired) electrons. The van der Waals surface area contributed by atoms with Gasteiger partial charge in [-0.25, -0.2) is 0 Å². The highest BCUT2D eigenvalue weighted by Crippen LogP contribution is 2.47. The summed E-state index contributed by atoms with van der Waals surface area (Å²) in [6.07, 6.45) is -3.67. The maximum absolute atomic E-state index is 13.4. The van der Waals surface area contributed by atoms with Crippen molar-refractivity contribution < 1.29 is 28.2 Å². The highest BCUT2D eigenvalue weighted by Gasteiger charge is 2.44. The molecule has 1 fully saturated rings. The number of rotatable bonds is 3. The van der Waals surface area contributed by atoms with Gasteiger partial charge in [-0.1, -0.05) is 18.2 Å². The molecule has 0 bridgehead atoms. The van der Waals surface area contributed by atoms with E-state index in [0.717, 1.165) is 11.3 Å². The molecule has 25 heavy (non-hydrogen) atoms. The Morgan fingerprint density at radius 3 is 2.72 bits per heavy atom. The third-order valence-electron chi connectivity index (χ3n) is 4.40. The Kier molecular flexibility index (Phi) is 3.35. The SMILES string of the molecule is Cc1cc(-c2cccc3c2OC(F)(F)O3)cc(N2CC(C(=O)O)C2)c1. The summed E-state index contributed by atoms with van der Waals surface area (Å²) in [6, 6.07) is 10.4. The van der Waals surface area contributed by atoms with Gasteiger partial charge in [-0.15, -0.1) is 8.78 Å². The average Bonchev–Trinajstić information content (AvgIpc) is 2.78. The third kappa shape index (κ3) is 2.75. The van der Waals surface area contributed by atoms with Crippen molar-refractivity contribution in [3.8, 4) is 22.6 Å². The quantitative estimate of drug-likeness (QED) is 0.921. The summed E-state index contributed by atoms with van der Waals surface area (Å²) in [5.41, 5.74) is 3.02. The molecule has 2 heterocycles. The number of halogens is 2. The lowest BCUT2D eigenvalue weighted by molar-refractivity contribution is -0.286. The van der Waals surface area contributed by atoms with Crippen LogP contribution in [0.3, 0.4) is 0 Å². The number of nitrogens with zero attached hydrogens (tertiary/aromatic N) is 1. The van der Waals surface area contributed by atoms with Crippen LogP contribution in [0.15, 0.2) is 36.4 Å². The number of alkyl halides is 2. The van der Waals surface area contributed by atoms with Crippen LogP contribution in [0, 0.1) is 12.8 Å². The molecule has 5 nitrogen and oxygen atoms in total. The number of hydrogen-bond donors (Lipinski definition) is 1. The van der Waals surface area contributed by atoms with Gasteiger partial charge in [0, 0.05) is 24.3 Å². The number of fused-ring (bicyclic) bond motifs is 1. The lowest BCUT2D eigenvalue weighted by Crippen LogP contribution is -2.50. The molecule has 130 valence electrons. The number of ether oxygens (including phenoxy) is 2. The molecule has 0 atom stereocenters. The second-order valence-electron chi connectivity index (χ2n) is 6.30. The summed E-state index contributed by atoms with van der Waals surface area (Å²) in [6.45, 7) is 2.77. The highest BCUT2D eigenvalue weighted by molar-refractivity contribution is 5.79. The Balaban J connectivity index is 1.69. The van der Waals surface area contributed by atoms with Crippen molar-refractivity contribution in [2.24, 2.45) is 5.92 Å². The second-order valence-corrected chi connectivity index (χ2v) is 6.30. The molecule has 2 aliphatic heterocycles. The van der Waals surface area contributed by atoms with E-state index in [2.05, 4.69) is 9.47 Å². The van der Waals surface area contributed by atoms with Crippen LogP contribution in [0.2, 0.25) is 0 Å². The summed E-state index contributed by atoms with van der Waals surface area (Å²) >= 11 is 0. The zero-order chi connectivity index (χ0) is 17.8. The fourth-order valence-corrected chi connectivity index (χ4v) is 3.14. The van der Waals surface area contributed by atoms with Crippen molar-refractivity contribution in [3.63, 3.8) is 0 Å². The van der Waals surface area contributed by atoms with Gasteiger partial charge in [-0.3, -0.25) is 4.79 Å².